The molecule has 0 bridgehead atoms. The lowest BCUT2D eigenvalue weighted by Gasteiger charge is -2.04. The van der Waals surface area contributed by atoms with Gasteiger partial charge in [0.25, 0.3) is 0 Å². The zero-order chi connectivity index (χ0) is 11.0. The maximum absolute atomic E-state index is 5.78. The summed E-state index contributed by atoms with van der Waals surface area (Å²) in [6.07, 6.45) is 0. The predicted molar refractivity (Wildman–Crippen MR) is 60.4 cm³/mol. The molecule has 0 amide bonds. The van der Waals surface area contributed by atoms with Crippen LogP contribution >= 0.6 is 11.6 Å². The van der Waals surface area contributed by atoms with Crippen LogP contribution in [-0.4, -0.2) is 33.6 Å². The molecule has 0 unspecified atom stereocenters. The molecule has 0 radical (unpaired) electrons. The van der Waals surface area contributed by atoms with E-state index in [0.29, 0.717) is 11.5 Å². The van der Waals surface area contributed by atoms with Crippen LogP contribution in [-0.2, 0) is 7.05 Å². The minimum absolute atomic E-state index is 0.188. The largest absolute Gasteiger partial charge is 0.371 e. The van der Waals surface area contributed by atoms with E-state index in [1.54, 1.807) is 14.1 Å². The molecule has 0 fully saturated rings. The smallest absolute Gasteiger partial charge is 0.226 e. The molecule has 7 heteroatoms. The number of hydrogen-bond acceptors (Lipinski definition) is 5. The Bertz CT molecular complexity index is 505. The van der Waals surface area contributed by atoms with Gasteiger partial charge in [-0.05, 0) is 11.6 Å². The van der Waals surface area contributed by atoms with E-state index in [2.05, 4.69) is 25.6 Å². The van der Waals surface area contributed by atoms with Crippen LogP contribution in [0.4, 0.5) is 11.8 Å². The normalized spacial score (nSPS) is 10.7. The Morgan fingerprint density at radius 3 is 2.47 bits per heavy atom. The first-order valence-corrected chi connectivity index (χ1v) is 4.80. The van der Waals surface area contributed by atoms with Gasteiger partial charge < -0.3 is 15.2 Å². The summed E-state index contributed by atoms with van der Waals surface area (Å²) in [4.78, 5) is 12.4. The second-order valence-corrected chi connectivity index (χ2v) is 3.35. The van der Waals surface area contributed by atoms with Crippen molar-refractivity contribution in [3.63, 3.8) is 0 Å². The quantitative estimate of drug-likeness (QED) is 0.751. The fourth-order valence-corrected chi connectivity index (χ4v) is 1.65. The Balaban J connectivity index is 2.82. The van der Waals surface area contributed by atoms with Crippen molar-refractivity contribution in [1.82, 2.24) is 19.5 Å². The van der Waals surface area contributed by atoms with Crippen molar-refractivity contribution in [2.45, 2.75) is 0 Å². The minimum atomic E-state index is 0.188. The van der Waals surface area contributed by atoms with Gasteiger partial charge in [-0.2, -0.15) is 15.0 Å². The van der Waals surface area contributed by atoms with Crippen LogP contribution in [0.25, 0.3) is 11.2 Å². The fourth-order valence-electron chi connectivity index (χ4n) is 1.48. The molecule has 2 N–H and O–H groups in total. The highest BCUT2D eigenvalue weighted by molar-refractivity contribution is 6.28. The molecule has 0 aliphatic heterocycles. The molecule has 0 saturated carbocycles. The number of aryl methyl sites for hydroxylation is 1. The van der Waals surface area contributed by atoms with Gasteiger partial charge in [-0.15, -0.1) is 0 Å². The molecule has 0 aliphatic carbocycles. The first-order chi connectivity index (χ1) is 7.17. The molecule has 2 rings (SSSR count). The van der Waals surface area contributed by atoms with Crippen molar-refractivity contribution in [2.24, 2.45) is 7.05 Å². The van der Waals surface area contributed by atoms with E-state index in [9.17, 15) is 0 Å². The zero-order valence-electron chi connectivity index (χ0n) is 8.67. The average Bonchev–Trinajstić information content (AvgIpc) is 2.54. The predicted octanol–water partition coefficient (Wildman–Crippen LogP) is 1.10. The number of fused-ring (bicyclic) bond motifs is 1. The lowest BCUT2D eigenvalue weighted by Crippen LogP contribution is -2.01. The summed E-state index contributed by atoms with van der Waals surface area (Å²) >= 11 is 5.78. The molecule has 2 aromatic heterocycles. The third-order valence-corrected chi connectivity index (χ3v) is 2.33. The molecule has 0 aromatic carbocycles. The highest BCUT2D eigenvalue weighted by Gasteiger charge is 2.13. The Kier molecular flexibility index (Phi) is 2.36. The standard InChI is InChI=1S/C8H11ClN6/c1-10-5-4-6(13-7(9)12-5)14-8(11-2)15(4)3/h1-3H3,(H2,10,11,12,13,14). The highest BCUT2D eigenvalue weighted by Crippen LogP contribution is 2.23. The molecule has 0 spiro atoms. The van der Waals surface area contributed by atoms with Crippen molar-refractivity contribution in [1.29, 1.82) is 0 Å². The van der Waals surface area contributed by atoms with E-state index in [1.807, 2.05) is 11.6 Å². The molecular formula is C8H11ClN6. The molecule has 0 saturated heterocycles. The van der Waals surface area contributed by atoms with Gasteiger partial charge in [0.2, 0.25) is 11.2 Å². The minimum Gasteiger partial charge on any atom is -0.371 e. The third kappa shape index (κ3) is 1.46. The van der Waals surface area contributed by atoms with E-state index in [1.165, 1.54) is 0 Å². The van der Waals surface area contributed by atoms with Crippen molar-refractivity contribution in [2.75, 3.05) is 24.7 Å². The molecule has 2 aromatic rings. The van der Waals surface area contributed by atoms with E-state index in [-0.39, 0.29) is 5.28 Å². The van der Waals surface area contributed by atoms with Crippen LogP contribution in [0.15, 0.2) is 0 Å². The summed E-state index contributed by atoms with van der Waals surface area (Å²) < 4.78 is 1.87. The zero-order valence-corrected chi connectivity index (χ0v) is 9.42. The first-order valence-electron chi connectivity index (χ1n) is 4.43. The third-order valence-electron chi connectivity index (χ3n) is 2.16. The van der Waals surface area contributed by atoms with Gasteiger partial charge in [0.1, 0.15) is 5.52 Å². The van der Waals surface area contributed by atoms with Crippen LogP contribution in [0.5, 0.6) is 0 Å². The molecular weight excluding hydrogens is 216 g/mol. The Labute approximate surface area is 91.7 Å². The Hall–Kier alpha value is -1.56. The van der Waals surface area contributed by atoms with E-state index in [4.69, 9.17) is 11.6 Å². The monoisotopic (exact) mass is 226 g/mol. The summed E-state index contributed by atoms with van der Waals surface area (Å²) in [5, 5.41) is 6.12. The van der Waals surface area contributed by atoms with Gasteiger partial charge >= 0.3 is 0 Å². The van der Waals surface area contributed by atoms with Crippen LogP contribution in [0.2, 0.25) is 5.28 Å². The van der Waals surface area contributed by atoms with Gasteiger partial charge in [0, 0.05) is 21.1 Å². The molecule has 0 atom stereocenters. The number of rotatable bonds is 2. The summed E-state index contributed by atoms with van der Waals surface area (Å²) in [6, 6.07) is 0. The summed E-state index contributed by atoms with van der Waals surface area (Å²) in [5.41, 5.74) is 1.40. The number of nitrogens with one attached hydrogen (secondary N) is 2. The van der Waals surface area contributed by atoms with Crippen LogP contribution in [0.1, 0.15) is 0 Å². The number of anilines is 2. The topological polar surface area (TPSA) is 67.7 Å². The van der Waals surface area contributed by atoms with Gasteiger partial charge in [0.15, 0.2) is 11.5 Å². The average molecular weight is 227 g/mol. The number of imidazole rings is 1. The first kappa shape index (κ1) is 9.97. The Morgan fingerprint density at radius 2 is 1.87 bits per heavy atom. The lowest BCUT2D eigenvalue weighted by atomic mass is 10.5. The lowest BCUT2D eigenvalue weighted by molar-refractivity contribution is 0.950. The maximum atomic E-state index is 5.78. The van der Waals surface area contributed by atoms with E-state index < -0.39 is 0 Å². The van der Waals surface area contributed by atoms with Gasteiger partial charge in [-0.25, -0.2) is 0 Å². The number of aromatic nitrogens is 4. The van der Waals surface area contributed by atoms with E-state index >= 15 is 0 Å². The second-order valence-electron chi connectivity index (χ2n) is 3.01. The maximum Gasteiger partial charge on any atom is 0.226 e. The molecule has 2 heterocycles. The summed E-state index contributed by atoms with van der Waals surface area (Å²) in [5.74, 6) is 1.39. The second kappa shape index (κ2) is 3.54. The van der Waals surface area contributed by atoms with E-state index in [0.717, 1.165) is 11.5 Å². The van der Waals surface area contributed by atoms with Crippen molar-refractivity contribution >= 4 is 34.5 Å². The summed E-state index contributed by atoms with van der Waals surface area (Å²) in [6.45, 7) is 0. The highest BCUT2D eigenvalue weighted by atomic mass is 35.5. The molecule has 6 nitrogen and oxygen atoms in total. The van der Waals surface area contributed by atoms with Gasteiger partial charge in [-0.1, -0.05) is 0 Å². The van der Waals surface area contributed by atoms with Crippen molar-refractivity contribution < 1.29 is 0 Å². The molecule has 0 aliphatic rings. The van der Waals surface area contributed by atoms with Gasteiger partial charge in [-0.3, -0.25) is 0 Å². The van der Waals surface area contributed by atoms with Crippen LogP contribution in [0, 0.1) is 0 Å². The van der Waals surface area contributed by atoms with Gasteiger partial charge in [0.05, 0.1) is 0 Å². The number of nitrogens with zero attached hydrogens (tertiary/aromatic N) is 4. The molecule has 15 heavy (non-hydrogen) atoms. The number of halogens is 1. The Morgan fingerprint density at radius 1 is 1.13 bits per heavy atom. The summed E-state index contributed by atoms with van der Waals surface area (Å²) in [7, 11) is 5.47. The molecule has 80 valence electrons. The van der Waals surface area contributed by atoms with Crippen LogP contribution in [0.3, 0.4) is 0 Å². The van der Waals surface area contributed by atoms with Crippen molar-refractivity contribution in [3.05, 3.63) is 5.28 Å². The number of hydrogen-bond donors (Lipinski definition) is 2. The van der Waals surface area contributed by atoms with Crippen molar-refractivity contribution in [3.8, 4) is 0 Å². The fraction of sp³-hybridized carbons (Fsp3) is 0.375. The SMILES string of the molecule is CNc1nc(Cl)nc2nc(NC)n(C)c12. The van der Waals surface area contributed by atoms with Crippen LogP contribution < -0.4 is 10.6 Å².